The minimum absolute atomic E-state index is 0.832. The Hall–Kier alpha value is -2.11. The largest absolute Gasteiger partial charge is 0.370 e. The van der Waals surface area contributed by atoms with Crippen LogP contribution in [0, 0.1) is 0 Å². The fraction of sp³-hybridized carbons (Fsp3) is 0.462. The Morgan fingerprint density at radius 3 is 2.95 bits per heavy atom. The maximum Gasteiger partial charge on any atom is 0.134 e. The molecule has 2 N–H and O–H groups in total. The molecule has 3 heterocycles. The van der Waals surface area contributed by atoms with Crippen molar-refractivity contribution < 1.29 is 0 Å². The fourth-order valence-electron chi connectivity index (χ4n) is 2.31. The van der Waals surface area contributed by atoms with Gasteiger partial charge in [0.1, 0.15) is 18.0 Å². The first-order valence-electron chi connectivity index (χ1n) is 6.70. The van der Waals surface area contributed by atoms with Gasteiger partial charge < -0.3 is 15.2 Å². The van der Waals surface area contributed by atoms with Gasteiger partial charge in [0.15, 0.2) is 0 Å². The predicted octanol–water partition coefficient (Wildman–Crippen LogP) is 1.45. The number of hydrogen-bond donors (Lipinski definition) is 2. The molecular weight excluding hydrogens is 240 g/mol. The van der Waals surface area contributed by atoms with Crippen molar-refractivity contribution in [3.05, 3.63) is 30.6 Å². The summed E-state index contributed by atoms with van der Waals surface area (Å²) in [6.45, 7) is 3.04. The standard InChI is InChI=1S/C13H18N6/c1-2-6-19(5-1)13-7-12(17-10-18-13)15-4-3-11-8-14-9-16-11/h7-10H,1-6H2,(H,14,16)(H,15,17,18). The number of nitrogens with one attached hydrogen (secondary N) is 2. The molecule has 0 bridgehead atoms. The summed E-state index contributed by atoms with van der Waals surface area (Å²) in [7, 11) is 0. The van der Waals surface area contributed by atoms with Gasteiger partial charge in [-0.15, -0.1) is 0 Å². The van der Waals surface area contributed by atoms with Crippen molar-refractivity contribution in [3.8, 4) is 0 Å². The number of anilines is 2. The van der Waals surface area contributed by atoms with E-state index in [1.54, 1.807) is 12.7 Å². The fourth-order valence-corrected chi connectivity index (χ4v) is 2.31. The number of aromatic nitrogens is 4. The lowest BCUT2D eigenvalue weighted by atomic mass is 10.3. The summed E-state index contributed by atoms with van der Waals surface area (Å²) in [6.07, 6.45) is 8.59. The first-order valence-corrected chi connectivity index (χ1v) is 6.70. The summed E-state index contributed by atoms with van der Waals surface area (Å²) >= 11 is 0. The Morgan fingerprint density at radius 2 is 2.16 bits per heavy atom. The lowest BCUT2D eigenvalue weighted by Gasteiger charge is -2.16. The van der Waals surface area contributed by atoms with E-state index < -0.39 is 0 Å². The van der Waals surface area contributed by atoms with E-state index in [4.69, 9.17) is 0 Å². The van der Waals surface area contributed by atoms with E-state index in [2.05, 4.69) is 30.2 Å². The maximum absolute atomic E-state index is 4.34. The zero-order valence-corrected chi connectivity index (χ0v) is 10.8. The van der Waals surface area contributed by atoms with Crippen LogP contribution in [0.15, 0.2) is 24.9 Å². The summed E-state index contributed by atoms with van der Waals surface area (Å²) in [6, 6.07) is 2.03. The van der Waals surface area contributed by atoms with Crippen molar-refractivity contribution >= 4 is 11.6 Å². The van der Waals surface area contributed by atoms with E-state index in [0.717, 1.165) is 43.4 Å². The van der Waals surface area contributed by atoms with Crippen LogP contribution in [0.1, 0.15) is 18.5 Å². The zero-order chi connectivity index (χ0) is 12.9. The minimum atomic E-state index is 0.832. The third-order valence-electron chi connectivity index (χ3n) is 3.34. The molecule has 100 valence electrons. The molecule has 0 aliphatic carbocycles. The SMILES string of the molecule is c1nc(NCCc2cnc[nH]2)cc(N2CCCC2)n1. The highest BCUT2D eigenvalue weighted by Crippen LogP contribution is 2.19. The lowest BCUT2D eigenvalue weighted by Crippen LogP contribution is -2.19. The second-order valence-corrected chi connectivity index (χ2v) is 4.71. The van der Waals surface area contributed by atoms with Crippen LogP contribution in [0.3, 0.4) is 0 Å². The number of nitrogens with zero attached hydrogens (tertiary/aromatic N) is 4. The highest BCUT2D eigenvalue weighted by atomic mass is 15.2. The molecule has 0 radical (unpaired) electrons. The molecule has 0 spiro atoms. The Kier molecular flexibility index (Phi) is 3.58. The van der Waals surface area contributed by atoms with Crippen LogP contribution in [0.5, 0.6) is 0 Å². The molecule has 0 amide bonds. The second kappa shape index (κ2) is 5.69. The monoisotopic (exact) mass is 258 g/mol. The summed E-state index contributed by atoms with van der Waals surface area (Å²) < 4.78 is 0. The molecule has 1 aliphatic rings. The molecule has 6 nitrogen and oxygen atoms in total. The van der Waals surface area contributed by atoms with Gasteiger partial charge in [-0.25, -0.2) is 15.0 Å². The Balaban J connectivity index is 1.56. The molecule has 0 saturated carbocycles. The number of aromatic amines is 1. The van der Waals surface area contributed by atoms with E-state index in [-0.39, 0.29) is 0 Å². The second-order valence-electron chi connectivity index (χ2n) is 4.71. The zero-order valence-electron chi connectivity index (χ0n) is 10.8. The molecule has 1 saturated heterocycles. The van der Waals surface area contributed by atoms with Crippen molar-refractivity contribution in [2.24, 2.45) is 0 Å². The van der Waals surface area contributed by atoms with Gasteiger partial charge in [-0.05, 0) is 12.8 Å². The number of H-pyrrole nitrogens is 1. The minimum Gasteiger partial charge on any atom is -0.370 e. The van der Waals surface area contributed by atoms with E-state index in [9.17, 15) is 0 Å². The molecule has 2 aromatic heterocycles. The number of imidazole rings is 1. The normalized spacial score (nSPS) is 14.8. The van der Waals surface area contributed by atoms with Crippen LogP contribution in [-0.4, -0.2) is 39.6 Å². The van der Waals surface area contributed by atoms with Crippen molar-refractivity contribution in [1.29, 1.82) is 0 Å². The average molecular weight is 258 g/mol. The van der Waals surface area contributed by atoms with Gasteiger partial charge in [0, 0.05) is 44.0 Å². The molecular formula is C13H18N6. The van der Waals surface area contributed by atoms with Crippen molar-refractivity contribution in [2.75, 3.05) is 29.9 Å². The molecule has 3 rings (SSSR count). The third kappa shape index (κ3) is 3.01. The summed E-state index contributed by atoms with van der Waals surface area (Å²) in [5, 5.41) is 3.32. The highest BCUT2D eigenvalue weighted by molar-refractivity contribution is 5.48. The van der Waals surface area contributed by atoms with Gasteiger partial charge in [-0.3, -0.25) is 0 Å². The van der Waals surface area contributed by atoms with Gasteiger partial charge in [0.05, 0.1) is 6.33 Å². The molecule has 2 aromatic rings. The van der Waals surface area contributed by atoms with E-state index in [1.165, 1.54) is 12.8 Å². The summed E-state index contributed by atoms with van der Waals surface area (Å²) in [5.74, 6) is 1.91. The molecule has 0 atom stereocenters. The van der Waals surface area contributed by atoms with Gasteiger partial charge in [-0.1, -0.05) is 0 Å². The van der Waals surface area contributed by atoms with Gasteiger partial charge >= 0.3 is 0 Å². The molecule has 19 heavy (non-hydrogen) atoms. The number of hydrogen-bond acceptors (Lipinski definition) is 5. The van der Waals surface area contributed by atoms with Crippen LogP contribution in [0.4, 0.5) is 11.6 Å². The lowest BCUT2D eigenvalue weighted by molar-refractivity contribution is 0.920. The molecule has 0 unspecified atom stereocenters. The van der Waals surface area contributed by atoms with Crippen molar-refractivity contribution in [2.45, 2.75) is 19.3 Å². The van der Waals surface area contributed by atoms with E-state index in [1.807, 2.05) is 12.3 Å². The first kappa shape index (κ1) is 12.0. The Morgan fingerprint density at radius 1 is 1.26 bits per heavy atom. The quantitative estimate of drug-likeness (QED) is 0.849. The van der Waals surface area contributed by atoms with Crippen LogP contribution in [0.25, 0.3) is 0 Å². The maximum atomic E-state index is 4.34. The van der Waals surface area contributed by atoms with E-state index in [0.29, 0.717) is 0 Å². The van der Waals surface area contributed by atoms with Crippen LogP contribution < -0.4 is 10.2 Å². The Bertz CT molecular complexity index is 504. The smallest absolute Gasteiger partial charge is 0.134 e. The highest BCUT2D eigenvalue weighted by Gasteiger charge is 2.13. The van der Waals surface area contributed by atoms with E-state index >= 15 is 0 Å². The van der Waals surface area contributed by atoms with Crippen LogP contribution >= 0.6 is 0 Å². The molecule has 0 aromatic carbocycles. The topological polar surface area (TPSA) is 69.7 Å². The predicted molar refractivity (Wildman–Crippen MR) is 74.3 cm³/mol. The Labute approximate surface area is 112 Å². The molecule has 6 heteroatoms. The third-order valence-corrected chi connectivity index (χ3v) is 3.34. The van der Waals surface area contributed by atoms with Gasteiger partial charge in [0.25, 0.3) is 0 Å². The summed E-state index contributed by atoms with van der Waals surface area (Å²) in [5.41, 5.74) is 1.13. The van der Waals surface area contributed by atoms with Gasteiger partial charge in [0.2, 0.25) is 0 Å². The van der Waals surface area contributed by atoms with Gasteiger partial charge in [-0.2, -0.15) is 0 Å². The molecule has 1 fully saturated rings. The van der Waals surface area contributed by atoms with Crippen LogP contribution in [0.2, 0.25) is 0 Å². The first-order chi connectivity index (χ1) is 9.42. The van der Waals surface area contributed by atoms with Crippen molar-refractivity contribution in [3.63, 3.8) is 0 Å². The molecule has 1 aliphatic heterocycles. The van der Waals surface area contributed by atoms with Crippen molar-refractivity contribution in [1.82, 2.24) is 19.9 Å². The average Bonchev–Trinajstić information content (AvgIpc) is 3.12. The number of rotatable bonds is 5. The van der Waals surface area contributed by atoms with Crippen LogP contribution in [-0.2, 0) is 6.42 Å². The summed E-state index contributed by atoms with van der Waals surface area (Å²) in [4.78, 5) is 18.0.